The number of aliphatic hydroxyl groups excluding tert-OH is 1. The van der Waals surface area contributed by atoms with E-state index in [1.165, 1.54) is 5.56 Å². The molecule has 0 fully saturated rings. The van der Waals surface area contributed by atoms with Crippen LogP contribution in [0.5, 0.6) is 11.5 Å². The van der Waals surface area contributed by atoms with Gasteiger partial charge in [0.15, 0.2) is 11.5 Å². The third-order valence-electron chi connectivity index (χ3n) is 3.21. The van der Waals surface area contributed by atoms with Crippen LogP contribution in [0.3, 0.4) is 0 Å². The minimum Gasteiger partial charge on any atom is -0.490 e. The number of hydrogen-bond donors (Lipinski definition) is 1. The van der Waals surface area contributed by atoms with Crippen molar-refractivity contribution in [2.24, 2.45) is 0 Å². The van der Waals surface area contributed by atoms with Crippen LogP contribution in [-0.4, -0.2) is 24.9 Å². The van der Waals surface area contributed by atoms with Gasteiger partial charge < -0.3 is 14.6 Å². The topological polar surface area (TPSA) is 38.7 Å². The normalized spacial score (nSPS) is 16.4. The molecule has 1 aromatic rings. The van der Waals surface area contributed by atoms with Gasteiger partial charge >= 0.3 is 0 Å². The molecule has 0 saturated heterocycles. The SMILES string of the molecule is CCC(CCO)c1ccc2c(c1)OCCCO2. The Morgan fingerprint density at radius 1 is 1.24 bits per heavy atom. The van der Waals surface area contributed by atoms with Crippen molar-refractivity contribution in [3.63, 3.8) is 0 Å². The van der Waals surface area contributed by atoms with Gasteiger partial charge in [0.05, 0.1) is 13.2 Å². The zero-order valence-corrected chi connectivity index (χ0v) is 10.3. The number of hydrogen-bond acceptors (Lipinski definition) is 3. The van der Waals surface area contributed by atoms with Crippen LogP contribution in [0.2, 0.25) is 0 Å². The molecule has 1 aliphatic rings. The summed E-state index contributed by atoms with van der Waals surface area (Å²) in [5.41, 5.74) is 1.23. The summed E-state index contributed by atoms with van der Waals surface area (Å²) < 4.78 is 11.3. The highest BCUT2D eigenvalue weighted by Crippen LogP contribution is 2.34. The number of benzene rings is 1. The van der Waals surface area contributed by atoms with Crippen LogP contribution < -0.4 is 9.47 Å². The van der Waals surface area contributed by atoms with Crippen molar-refractivity contribution in [2.45, 2.75) is 32.1 Å². The summed E-state index contributed by atoms with van der Waals surface area (Å²) in [4.78, 5) is 0. The van der Waals surface area contributed by atoms with Crippen molar-refractivity contribution < 1.29 is 14.6 Å². The quantitative estimate of drug-likeness (QED) is 0.873. The van der Waals surface area contributed by atoms with Crippen molar-refractivity contribution in [3.8, 4) is 11.5 Å². The summed E-state index contributed by atoms with van der Waals surface area (Å²) in [6.07, 6.45) is 2.76. The van der Waals surface area contributed by atoms with Gasteiger partial charge in [0.2, 0.25) is 0 Å². The van der Waals surface area contributed by atoms with Crippen LogP contribution in [0.1, 0.15) is 37.7 Å². The van der Waals surface area contributed by atoms with Crippen molar-refractivity contribution in [3.05, 3.63) is 23.8 Å². The van der Waals surface area contributed by atoms with Crippen LogP contribution in [0.25, 0.3) is 0 Å². The van der Waals surface area contributed by atoms with Crippen LogP contribution >= 0.6 is 0 Å². The second kappa shape index (κ2) is 5.92. The fraction of sp³-hybridized carbons (Fsp3) is 0.571. The molecular weight excluding hydrogens is 216 g/mol. The van der Waals surface area contributed by atoms with Crippen LogP contribution in [-0.2, 0) is 0 Å². The predicted octanol–water partition coefficient (Wildman–Crippen LogP) is 2.72. The van der Waals surface area contributed by atoms with E-state index in [0.29, 0.717) is 12.5 Å². The van der Waals surface area contributed by atoms with Gasteiger partial charge in [0.1, 0.15) is 0 Å². The first-order valence-electron chi connectivity index (χ1n) is 6.35. The Morgan fingerprint density at radius 2 is 2.00 bits per heavy atom. The van der Waals surface area contributed by atoms with E-state index in [1.807, 2.05) is 6.07 Å². The Labute approximate surface area is 102 Å². The molecule has 17 heavy (non-hydrogen) atoms. The number of fused-ring (bicyclic) bond motifs is 1. The molecule has 1 atom stereocenters. The minimum absolute atomic E-state index is 0.229. The Bertz CT molecular complexity index is 362. The maximum absolute atomic E-state index is 9.06. The van der Waals surface area contributed by atoms with Crippen molar-refractivity contribution in [2.75, 3.05) is 19.8 Å². The Kier molecular flexibility index (Phi) is 4.26. The summed E-state index contributed by atoms with van der Waals surface area (Å²) in [5, 5.41) is 9.06. The van der Waals surface area contributed by atoms with Gasteiger partial charge in [-0.3, -0.25) is 0 Å². The Hall–Kier alpha value is -1.22. The maximum atomic E-state index is 9.06. The second-order valence-corrected chi connectivity index (χ2v) is 4.37. The first-order valence-corrected chi connectivity index (χ1v) is 6.35. The molecule has 0 aliphatic carbocycles. The lowest BCUT2D eigenvalue weighted by atomic mass is 9.93. The molecule has 1 N–H and O–H groups in total. The van der Waals surface area contributed by atoms with Gasteiger partial charge in [-0.1, -0.05) is 13.0 Å². The van der Waals surface area contributed by atoms with Crippen LogP contribution in [0.15, 0.2) is 18.2 Å². The minimum atomic E-state index is 0.229. The van der Waals surface area contributed by atoms with Crippen molar-refractivity contribution in [1.82, 2.24) is 0 Å². The van der Waals surface area contributed by atoms with Crippen LogP contribution in [0, 0.1) is 0 Å². The van der Waals surface area contributed by atoms with Gasteiger partial charge in [-0.15, -0.1) is 0 Å². The number of rotatable bonds is 4. The van der Waals surface area contributed by atoms with E-state index in [2.05, 4.69) is 19.1 Å². The molecule has 3 heteroatoms. The molecule has 1 unspecified atom stereocenters. The zero-order valence-electron chi connectivity index (χ0n) is 10.3. The lowest BCUT2D eigenvalue weighted by molar-refractivity contribution is 0.273. The van der Waals surface area contributed by atoms with E-state index in [4.69, 9.17) is 14.6 Å². The van der Waals surface area contributed by atoms with Crippen LogP contribution in [0.4, 0.5) is 0 Å². The van der Waals surface area contributed by atoms with E-state index in [9.17, 15) is 0 Å². The first kappa shape index (κ1) is 12.2. The highest BCUT2D eigenvalue weighted by molar-refractivity contribution is 5.44. The molecule has 2 rings (SSSR count). The van der Waals surface area contributed by atoms with Gasteiger partial charge in [0, 0.05) is 13.0 Å². The largest absolute Gasteiger partial charge is 0.490 e. The standard InChI is InChI=1S/C14H20O3/c1-2-11(6-7-15)12-4-5-13-14(10-12)17-9-3-8-16-13/h4-5,10-11,15H,2-3,6-9H2,1H3. The summed E-state index contributed by atoms with van der Waals surface area (Å²) in [5.74, 6) is 2.08. The van der Waals surface area contributed by atoms with E-state index in [-0.39, 0.29) is 6.61 Å². The molecular formula is C14H20O3. The smallest absolute Gasteiger partial charge is 0.161 e. The van der Waals surface area contributed by atoms with Gasteiger partial charge in [-0.25, -0.2) is 0 Å². The molecule has 1 heterocycles. The molecule has 1 aliphatic heterocycles. The highest BCUT2D eigenvalue weighted by atomic mass is 16.5. The summed E-state index contributed by atoms with van der Waals surface area (Å²) >= 11 is 0. The van der Waals surface area contributed by atoms with Crippen molar-refractivity contribution >= 4 is 0 Å². The third-order valence-corrected chi connectivity index (χ3v) is 3.21. The zero-order chi connectivity index (χ0) is 12.1. The van der Waals surface area contributed by atoms with E-state index >= 15 is 0 Å². The molecule has 1 aromatic carbocycles. The molecule has 0 saturated carbocycles. The van der Waals surface area contributed by atoms with E-state index in [1.54, 1.807) is 0 Å². The van der Waals surface area contributed by atoms with Gasteiger partial charge in [0.25, 0.3) is 0 Å². The third kappa shape index (κ3) is 2.91. The van der Waals surface area contributed by atoms with Crippen molar-refractivity contribution in [1.29, 1.82) is 0 Å². The molecule has 0 radical (unpaired) electrons. The van der Waals surface area contributed by atoms with Gasteiger partial charge in [-0.05, 0) is 36.5 Å². The monoisotopic (exact) mass is 236 g/mol. The lowest BCUT2D eigenvalue weighted by Crippen LogP contribution is -2.01. The van der Waals surface area contributed by atoms with E-state index in [0.717, 1.165) is 37.4 Å². The average molecular weight is 236 g/mol. The second-order valence-electron chi connectivity index (χ2n) is 4.37. The fourth-order valence-electron chi connectivity index (χ4n) is 2.20. The number of aliphatic hydroxyl groups is 1. The predicted molar refractivity (Wildman–Crippen MR) is 66.8 cm³/mol. The first-order chi connectivity index (χ1) is 8.35. The fourth-order valence-corrected chi connectivity index (χ4v) is 2.20. The molecule has 0 bridgehead atoms. The summed E-state index contributed by atoms with van der Waals surface area (Å²) in [6.45, 7) is 3.81. The van der Waals surface area contributed by atoms with Gasteiger partial charge in [-0.2, -0.15) is 0 Å². The average Bonchev–Trinajstić information content (AvgIpc) is 2.60. The Morgan fingerprint density at radius 3 is 2.71 bits per heavy atom. The number of ether oxygens (including phenoxy) is 2. The molecule has 94 valence electrons. The highest BCUT2D eigenvalue weighted by Gasteiger charge is 2.14. The molecule has 0 amide bonds. The van der Waals surface area contributed by atoms with E-state index < -0.39 is 0 Å². The summed E-state index contributed by atoms with van der Waals surface area (Å²) in [7, 11) is 0. The summed E-state index contributed by atoms with van der Waals surface area (Å²) in [6, 6.07) is 6.12. The molecule has 3 nitrogen and oxygen atoms in total. The lowest BCUT2D eigenvalue weighted by Gasteiger charge is -2.16. The molecule has 0 spiro atoms. The Balaban J connectivity index is 2.21. The maximum Gasteiger partial charge on any atom is 0.161 e. The molecule has 0 aromatic heterocycles.